The number of carbonyl (C=O) groups is 2. The number of likely N-dealkylation sites (tertiary alicyclic amines) is 1. The number of hydrogen-bond donors (Lipinski definition) is 1. The van der Waals surface area contributed by atoms with E-state index in [9.17, 15) is 14.7 Å². The molecule has 1 atom stereocenters. The van der Waals surface area contributed by atoms with Crippen LogP contribution in [0.2, 0.25) is 0 Å². The number of carbonyl (C=O) groups excluding carboxylic acids is 2. The van der Waals surface area contributed by atoms with Gasteiger partial charge in [-0.25, -0.2) is 0 Å². The molecule has 0 saturated carbocycles. The van der Waals surface area contributed by atoms with Gasteiger partial charge in [-0.15, -0.1) is 0 Å². The van der Waals surface area contributed by atoms with Crippen LogP contribution in [-0.2, 0) is 9.59 Å². The Kier molecular flexibility index (Phi) is 4.18. The molecule has 1 fully saturated rings. The van der Waals surface area contributed by atoms with Crippen molar-refractivity contribution in [2.75, 3.05) is 26.2 Å². The van der Waals surface area contributed by atoms with Crippen LogP contribution < -0.4 is 0 Å². The molecule has 0 aliphatic carbocycles. The lowest BCUT2D eigenvalue weighted by Gasteiger charge is -2.41. The Bertz CT molecular complexity index is 458. The molecule has 1 saturated heterocycles. The third-order valence-corrected chi connectivity index (χ3v) is 4.51. The zero-order chi connectivity index (χ0) is 14.9. The van der Waals surface area contributed by atoms with Crippen molar-refractivity contribution >= 4 is 11.8 Å². The van der Waals surface area contributed by atoms with Gasteiger partial charge in [0, 0.05) is 26.6 Å². The molecular weight excluding hydrogens is 256 g/mol. The van der Waals surface area contributed by atoms with Crippen molar-refractivity contribution in [3.8, 4) is 0 Å². The first-order valence-corrected chi connectivity index (χ1v) is 7.26. The molecule has 2 aliphatic rings. The molecule has 0 aromatic carbocycles. The van der Waals surface area contributed by atoms with E-state index in [1.54, 1.807) is 9.80 Å². The lowest BCUT2D eigenvalue weighted by molar-refractivity contribution is -0.159. The number of piperidine rings is 1. The van der Waals surface area contributed by atoms with Gasteiger partial charge < -0.3 is 14.9 Å². The smallest absolute Gasteiger partial charge is 0.256 e. The molecule has 0 aromatic heterocycles. The van der Waals surface area contributed by atoms with E-state index >= 15 is 0 Å². The summed E-state index contributed by atoms with van der Waals surface area (Å²) in [4.78, 5) is 27.4. The van der Waals surface area contributed by atoms with E-state index in [1.165, 1.54) is 18.1 Å². The van der Waals surface area contributed by atoms with Gasteiger partial charge in [-0.3, -0.25) is 9.59 Å². The van der Waals surface area contributed by atoms with Crippen molar-refractivity contribution in [1.29, 1.82) is 0 Å². The number of rotatable bonds is 1. The van der Waals surface area contributed by atoms with E-state index in [0.717, 1.165) is 6.42 Å². The highest BCUT2D eigenvalue weighted by Gasteiger charge is 2.43. The van der Waals surface area contributed by atoms with Crippen molar-refractivity contribution < 1.29 is 14.7 Å². The Balaban J connectivity index is 2.10. The first-order valence-electron chi connectivity index (χ1n) is 7.26. The highest BCUT2D eigenvalue weighted by atomic mass is 16.3. The number of hydrogen-bond acceptors (Lipinski definition) is 3. The predicted octanol–water partition coefficient (Wildman–Crippen LogP) is 0.928. The van der Waals surface area contributed by atoms with E-state index in [0.29, 0.717) is 32.5 Å². The van der Waals surface area contributed by atoms with Crippen molar-refractivity contribution in [1.82, 2.24) is 9.80 Å². The molecule has 2 aliphatic heterocycles. The van der Waals surface area contributed by atoms with Gasteiger partial charge in [0.2, 0.25) is 5.91 Å². The Morgan fingerprint density at radius 2 is 1.85 bits per heavy atom. The van der Waals surface area contributed by atoms with E-state index in [2.05, 4.69) is 6.92 Å². The molecule has 2 heterocycles. The maximum Gasteiger partial charge on any atom is 0.256 e. The topological polar surface area (TPSA) is 60.9 Å². The van der Waals surface area contributed by atoms with Crippen LogP contribution in [0.25, 0.3) is 0 Å². The molecule has 0 unspecified atom stereocenters. The van der Waals surface area contributed by atoms with E-state index in [-0.39, 0.29) is 18.4 Å². The summed E-state index contributed by atoms with van der Waals surface area (Å²) in [5.41, 5.74) is 1.12. The predicted molar refractivity (Wildman–Crippen MR) is 76.0 cm³/mol. The Morgan fingerprint density at radius 3 is 2.45 bits per heavy atom. The molecule has 2 rings (SSSR count). The monoisotopic (exact) mass is 280 g/mol. The fourth-order valence-corrected chi connectivity index (χ4v) is 2.96. The minimum absolute atomic E-state index is 0.0820. The second-order valence-corrected chi connectivity index (χ2v) is 6.11. The van der Waals surface area contributed by atoms with Crippen LogP contribution in [0, 0.1) is 0 Å². The number of β-amino-alcohol motifs (C(OH)–C–C–N with tert-alkyl or cyclic N) is 1. The van der Waals surface area contributed by atoms with Crippen LogP contribution in [0.4, 0.5) is 0 Å². The third-order valence-electron chi connectivity index (χ3n) is 4.51. The summed E-state index contributed by atoms with van der Waals surface area (Å²) < 4.78 is 0. The summed E-state index contributed by atoms with van der Waals surface area (Å²) in [6.07, 6.45) is 1.97. The van der Waals surface area contributed by atoms with Crippen LogP contribution in [0.3, 0.4) is 0 Å². The quantitative estimate of drug-likeness (QED) is 0.727. The Morgan fingerprint density at radius 1 is 1.15 bits per heavy atom. The molecule has 1 N–H and O–H groups in total. The van der Waals surface area contributed by atoms with Crippen molar-refractivity contribution in [2.24, 2.45) is 0 Å². The summed E-state index contributed by atoms with van der Waals surface area (Å²) in [5.74, 6) is -0.309. The standard InChI is InChI=1S/C15H24N2O3/c1-11-5-8-16(9-12(11)2)14(19)15(20)6-4-7-17(10-15)13(3)18/h20H,4-10H2,1-3H3/t15-/m0/s1. The zero-order valence-corrected chi connectivity index (χ0v) is 12.6. The molecular formula is C15H24N2O3. The fraction of sp³-hybridized carbons (Fsp3) is 0.733. The summed E-state index contributed by atoms with van der Waals surface area (Å²) >= 11 is 0. The summed E-state index contributed by atoms with van der Waals surface area (Å²) in [5, 5.41) is 10.7. The van der Waals surface area contributed by atoms with Crippen LogP contribution in [0.1, 0.15) is 40.0 Å². The number of amides is 2. The van der Waals surface area contributed by atoms with Gasteiger partial charge in [0.05, 0.1) is 6.54 Å². The average molecular weight is 280 g/mol. The molecule has 2 amide bonds. The van der Waals surface area contributed by atoms with Gasteiger partial charge in [0.25, 0.3) is 5.91 Å². The van der Waals surface area contributed by atoms with Gasteiger partial charge in [-0.2, -0.15) is 0 Å². The average Bonchev–Trinajstić information content (AvgIpc) is 2.41. The van der Waals surface area contributed by atoms with Gasteiger partial charge >= 0.3 is 0 Å². The lowest BCUT2D eigenvalue weighted by atomic mass is 9.90. The number of nitrogens with zero attached hydrogens (tertiary/aromatic N) is 2. The fourth-order valence-electron chi connectivity index (χ4n) is 2.96. The van der Waals surface area contributed by atoms with Crippen LogP contribution in [-0.4, -0.2) is 58.5 Å². The minimum atomic E-state index is -1.41. The first-order chi connectivity index (χ1) is 9.33. The third kappa shape index (κ3) is 2.87. The van der Waals surface area contributed by atoms with Gasteiger partial charge in [0.1, 0.15) is 0 Å². The zero-order valence-electron chi connectivity index (χ0n) is 12.6. The summed E-state index contributed by atoms with van der Waals surface area (Å²) in [7, 11) is 0. The van der Waals surface area contributed by atoms with Gasteiger partial charge in [-0.05, 0) is 33.1 Å². The molecule has 5 nitrogen and oxygen atoms in total. The highest BCUT2D eigenvalue weighted by molar-refractivity contribution is 5.87. The summed E-state index contributed by atoms with van der Waals surface area (Å²) in [6.45, 7) is 7.60. The Hall–Kier alpha value is -1.36. The maximum absolute atomic E-state index is 12.6. The highest BCUT2D eigenvalue weighted by Crippen LogP contribution is 2.26. The van der Waals surface area contributed by atoms with Crippen molar-refractivity contribution in [3.05, 3.63) is 11.1 Å². The lowest BCUT2D eigenvalue weighted by Crippen LogP contribution is -2.59. The van der Waals surface area contributed by atoms with Gasteiger partial charge in [-0.1, -0.05) is 11.1 Å². The molecule has 112 valence electrons. The summed E-state index contributed by atoms with van der Waals surface area (Å²) in [6, 6.07) is 0. The maximum atomic E-state index is 12.6. The van der Waals surface area contributed by atoms with Crippen molar-refractivity contribution in [2.45, 2.75) is 45.6 Å². The molecule has 0 radical (unpaired) electrons. The molecule has 0 aromatic rings. The minimum Gasteiger partial charge on any atom is -0.378 e. The van der Waals surface area contributed by atoms with Crippen molar-refractivity contribution in [3.63, 3.8) is 0 Å². The Labute approximate surface area is 120 Å². The van der Waals surface area contributed by atoms with Crippen LogP contribution in [0.15, 0.2) is 11.1 Å². The second kappa shape index (κ2) is 5.56. The normalized spacial score (nSPS) is 27.8. The van der Waals surface area contributed by atoms with E-state index in [4.69, 9.17) is 0 Å². The SMILES string of the molecule is CC(=O)N1CCC[C@@](O)(C(=O)N2CCC(C)=C(C)C2)C1. The number of aliphatic hydroxyl groups is 1. The molecule has 0 bridgehead atoms. The molecule has 5 heteroatoms. The van der Waals surface area contributed by atoms with Crippen LogP contribution >= 0.6 is 0 Å². The molecule has 20 heavy (non-hydrogen) atoms. The molecule has 0 spiro atoms. The first kappa shape index (κ1) is 15.0. The van der Waals surface area contributed by atoms with Crippen LogP contribution in [0.5, 0.6) is 0 Å². The largest absolute Gasteiger partial charge is 0.378 e. The van der Waals surface area contributed by atoms with E-state index < -0.39 is 5.60 Å². The van der Waals surface area contributed by atoms with Gasteiger partial charge in [0.15, 0.2) is 5.60 Å². The second-order valence-electron chi connectivity index (χ2n) is 6.11. The van der Waals surface area contributed by atoms with E-state index in [1.807, 2.05) is 6.92 Å².